The van der Waals surface area contributed by atoms with E-state index >= 15 is 0 Å². The van der Waals surface area contributed by atoms with Gasteiger partial charge in [0.15, 0.2) is 0 Å². The van der Waals surface area contributed by atoms with Crippen molar-refractivity contribution < 1.29 is 4.74 Å². The first-order valence-electron chi connectivity index (χ1n) is 3.06. The van der Waals surface area contributed by atoms with Crippen LogP contribution in [0.15, 0.2) is 12.3 Å². The van der Waals surface area contributed by atoms with Crippen molar-refractivity contribution in [1.29, 1.82) is 0 Å². The standard InChI is InChI=1S/C8H10NO/c1-6-4-8(10-3)5-9-7(6)2/h4-5H,1H2,2-3H3. The summed E-state index contributed by atoms with van der Waals surface area (Å²) in [4.78, 5) is 4.06. The van der Waals surface area contributed by atoms with Crippen LogP contribution in [-0.4, -0.2) is 12.1 Å². The first kappa shape index (κ1) is 7.06. The number of ether oxygens (including phenoxy) is 1. The van der Waals surface area contributed by atoms with Crippen molar-refractivity contribution in [2.75, 3.05) is 7.11 Å². The molecule has 1 rings (SSSR count). The number of pyridine rings is 1. The highest BCUT2D eigenvalue weighted by Gasteiger charge is 1.94. The van der Waals surface area contributed by atoms with Crippen molar-refractivity contribution >= 4 is 0 Å². The van der Waals surface area contributed by atoms with Crippen molar-refractivity contribution in [3.05, 3.63) is 30.4 Å². The third-order valence-electron chi connectivity index (χ3n) is 1.40. The zero-order valence-corrected chi connectivity index (χ0v) is 6.22. The van der Waals surface area contributed by atoms with Crippen LogP contribution in [-0.2, 0) is 0 Å². The van der Waals surface area contributed by atoms with Gasteiger partial charge in [0, 0.05) is 5.69 Å². The van der Waals surface area contributed by atoms with Crippen molar-refractivity contribution in [3.63, 3.8) is 0 Å². The molecule has 10 heavy (non-hydrogen) atoms. The van der Waals surface area contributed by atoms with Gasteiger partial charge in [0.25, 0.3) is 0 Å². The fourth-order valence-corrected chi connectivity index (χ4v) is 0.668. The molecule has 0 atom stereocenters. The minimum atomic E-state index is 0.760. The van der Waals surface area contributed by atoms with Crippen molar-refractivity contribution in [2.45, 2.75) is 6.92 Å². The Morgan fingerprint density at radius 1 is 1.60 bits per heavy atom. The molecule has 0 fully saturated rings. The average molecular weight is 136 g/mol. The van der Waals surface area contributed by atoms with Gasteiger partial charge in [0.2, 0.25) is 0 Å². The zero-order chi connectivity index (χ0) is 7.56. The van der Waals surface area contributed by atoms with E-state index in [1.807, 2.05) is 13.0 Å². The van der Waals surface area contributed by atoms with E-state index < -0.39 is 0 Å². The molecule has 0 aliphatic carbocycles. The molecule has 0 unspecified atom stereocenters. The molecule has 1 aromatic rings. The topological polar surface area (TPSA) is 22.1 Å². The fraction of sp³-hybridized carbons (Fsp3) is 0.250. The van der Waals surface area contributed by atoms with Crippen LogP contribution in [0.5, 0.6) is 5.75 Å². The maximum atomic E-state index is 4.95. The summed E-state index contributed by atoms with van der Waals surface area (Å²) in [6.07, 6.45) is 1.68. The van der Waals surface area contributed by atoms with Gasteiger partial charge in [-0.1, -0.05) is 0 Å². The van der Waals surface area contributed by atoms with Crippen LogP contribution in [0.2, 0.25) is 0 Å². The molecule has 2 heteroatoms. The van der Waals surface area contributed by atoms with Crippen LogP contribution in [0, 0.1) is 13.8 Å². The highest BCUT2D eigenvalue weighted by Crippen LogP contribution is 2.12. The second-order valence-corrected chi connectivity index (χ2v) is 2.12. The Kier molecular flexibility index (Phi) is 1.90. The molecule has 0 saturated heterocycles. The number of methoxy groups -OCH3 is 1. The molecule has 0 amide bonds. The van der Waals surface area contributed by atoms with Crippen molar-refractivity contribution in [1.82, 2.24) is 4.98 Å². The predicted octanol–water partition coefficient (Wildman–Crippen LogP) is 1.58. The van der Waals surface area contributed by atoms with Crippen molar-refractivity contribution in [2.24, 2.45) is 0 Å². The number of nitrogens with zero attached hydrogens (tertiary/aromatic N) is 1. The Hall–Kier alpha value is -1.05. The first-order valence-corrected chi connectivity index (χ1v) is 3.06. The van der Waals surface area contributed by atoms with Crippen LogP contribution < -0.4 is 4.74 Å². The molecule has 0 spiro atoms. The minimum absolute atomic E-state index is 0.760. The predicted molar refractivity (Wildman–Crippen MR) is 40.0 cm³/mol. The molecule has 1 radical (unpaired) electrons. The Balaban J connectivity index is 3.04. The Labute approximate surface area is 60.9 Å². The van der Waals surface area contributed by atoms with Gasteiger partial charge in [-0.15, -0.1) is 0 Å². The number of hydrogen-bond acceptors (Lipinski definition) is 2. The highest BCUT2D eigenvalue weighted by molar-refractivity contribution is 5.30. The third-order valence-corrected chi connectivity index (χ3v) is 1.40. The number of hydrogen-bond donors (Lipinski definition) is 0. The summed E-state index contributed by atoms with van der Waals surface area (Å²) in [7, 11) is 1.62. The van der Waals surface area contributed by atoms with E-state index in [1.54, 1.807) is 13.3 Å². The summed E-state index contributed by atoms with van der Waals surface area (Å²) < 4.78 is 4.95. The van der Waals surface area contributed by atoms with Gasteiger partial charge in [-0.25, -0.2) is 0 Å². The van der Waals surface area contributed by atoms with Crippen molar-refractivity contribution in [3.8, 4) is 5.75 Å². The molecule has 0 N–H and O–H groups in total. The van der Waals surface area contributed by atoms with Crippen LogP contribution in [0.3, 0.4) is 0 Å². The Morgan fingerprint density at radius 2 is 2.30 bits per heavy atom. The van der Waals surface area contributed by atoms with E-state index in [0.717, 1.165) is 17.0 Å². The summed E-state index contributed by atoms with van der Waals surface area (Å²) in [5.74, 6) is 0.760. The van der Waals surface area contributed by atoms with E-state index in [1.165, 1.54) is 0 Å². The largest absolute Gasteiger partial charge is 0.495 e. The molecule has 53 valence electrons. The van der Waals surface area contributed by atoms with Crippen LogP contribution in [0.25, 0.3) is 0 Å². The average Bonchev–Trinajstić information content (AvgIpc) is 1.95. The molecule has 2 nitrogen and oxygen atoms in total. The smallest absolute Gasteiger partial charge is 0.137 e. The van der Waals surface area contributed by atoms with Gasteiger partial charge in [-0.05, 0) is 25.5 Å². The maximum absolute atomic E-state index is 4.95. The lowest BCUT2D eigenvalue weighted by Crippen LogP contribution is -1.89. The summed E-state index contributed by atoms with van der Waals surface area (Å²) >= 11 is 0. The van der Waals surface area contributed by atoms with E-state index in [4.69, 9.17) is 4.74 Å². The number of aryl methyl sites for hydroxylation is 1. The summed E-state index contributed by atoms with van der Waals surface area (Å²) in [5.41, 5.74) is 1.86. The molecule has 0 aliphatic rings. The lowest BCUT2D eigenvalue weighted by atomic mass is 10.2. The molecule has 1 heterocycles. The summed E-state index contributed by atoms with van der Waals surface area (Å²) in [6, 6.07) is 1.86. The Bertz CT molecular complexity index is 233. The second kappa shape index (κ2) is 2.69. The second-order valence-electron chi connectivity index (χ2n) is 2.12. The Morgan fingerprint density at radius 3 is 2.80 bits per heavy atom. The summed E-state index contributed by atoms with van der Waals surface area (Å²) in [5, 5.41) is 0. The van der Waals surface area contributed by atoms with E-state index in [0.29, 0.717) is 0 Å². The number of rotatable bonds is 1. The number of aromatic nitrogens is 1. The normalized spacial score (nSPS) is 9.50. The molecule has 0 aliphatic heterocycles. The quantitative estimate of drug-likeness (QED) is 0.584. The van der Waals surface area contributed by atoms with Gasteiger partial charge in [-0.3, -0.25) is 4.98 Å². The van der Waals surface area contributed by atoms with Gasteiger partial charge >= 0.3 is 0 Å². The lowest BCUT2D eigenvalue weighted by Gasteiger charge is -2.01. The van der Waals surface area contributed by atoms with E-state index in [2.05, 4.69) is 11.9 Å². The zero-order valence-electron chi connectivity index (χ0n) is 6.22. The van der Waals surface area contributed by atoms with Gasteiger partial charge in [-0.2, -0.15) is 0 Å². The summed E-state index contributed by atoms with van der Waals surface area (Å²) in [6.45, 7) is 5.70. The monoisotopic (exact) mass is 136 g/mol. The van der Waals surface area contributed by atoms with Gasteiger partial charge in [0.1, 0.15) is 5.75 Å². The lowest BCUT2D eigenvalue weighted by molar-refractivity contribution is 0.412. The van der Waals surface area contributed by atoms with Gasteiger partial charge < -0.3 is 4.74 Å². The van der Waals surface area contributed by atoms with Crippen LogP contribution >= 0.6 is 0 Å². The van der Waals surface area contributed by atoms with Crippen LogP contribution in [0.4, 0.5) is 0 Å². The van der Waals surface area contributed by atoms with E-state index in [9.17, 15) is 0 Å². The first-order chi connectivity index (χ1) is 4.74. The SMILES string of the molecule is [CH2]c1cc(OC)cnc1C. The van der Waals surface area contributed by atoms with E-state index in [-0.39, 0.29) is 0 Å². The molecule has 0 bridgehead atoms. The maximum Gasteiger partial charge on any atom is 0.137 e. The molecular weight excluding hydrogens is 126 g/mol. The molecule has 1 aromatic heterocycles. The van der Waals surface area contributed by atoms with Gasteiger partial charge in [0.05, 0.1) is 13.3 Å². The molecule has 0 aromatic carbocycles. The molecular formula is C8H10NO. The molecule has 0 saturated carbocycles. The van der Waals surface area contributed by atoms with Crippen LogP contribution in [0.1, 0.15) is 11.3 Å². The fourth-order valence-electron chi connectivity index (χ4n) is 0.668. The highest BCUT2D eigenvalue weighted by atomic mass is 16.5. The third kappa shape index (κ3) is 1.26. The minimum Gasteiger partial charge on any atom is -0.495 e.